The Morgan fingerprint density at radius 2 is 2.27 bits per heavy atom. The van der Waals surface area contributed by atoms with Crippen LogP contribution in [0.3, 0.4) is 0 Å². The maximum absolute atomic E-state index is 13.1. The molecule has 1 fully saturated rings. The first-order valence-corrected chi connectivity index (χ1v) is 10.6. The van der Waals surface area contributed by atoms with Crippen LogP contribution in [0.2, 0.25) is 0 Å². The highest BCUT2D eigenvalue weighted by molar-refractivity contribution is 7.22. The second kappa shape index (κ2) is 7.47. The maximum Gasteiger partial charge on any atom is 0.234 e. The molecule has 0 spiro atoms. The number of aromatic nitrogens is 1. The zero-order chi connectivity index (χ0) is 18.1. The fourth-order valence-electron chi connectivity index (χ4n) is 3.42. The second-order valence-corrected chi connectivity index (χ2v) is 8.83. The van der Waals surface area contributed by atoms with Crippen LogP contribution in [0, 0.1) is 13.8 Å². The quantitative estimate of drug-likeness (QED) is 0.637. The number of fused-ring (bicyclic) bond motifs is 1. The standard InChI is InChI=1S/C20H22N2O2S2/c1-13-9-14(2)19-17(10-13)21-20(26-19)22(12-15-5-3-7-24-15)18(23)11-16-6-4-8-25-16/h4,6,8-10,15H,3,5,7,11-12H2,1-2H3. The number of hydrogen-bond acceptors (Lipinski definition) is 5. The van der Waals surface area contributed by atoms with E-state index in [2.05, 4.69) is 26.0 Å². The SMILES string of the molecule is Cc1cc(C)c2sc(N(CC3CCCO3)C(=O)Cc3cccs3)nc2c1. The minimum absolute atomic E-state index is 0.0939. The van der Waals surface area contributed by atoms with Gasteiger partial charge in [-0.2, -0.15) is 0 Å². The number of nitrogens with zero attached hydrogens (tertiary/aromatic N) is 2. The van der Waals surface area contributed by atoms with Crippen LogP contribution in [0.1, 0.15) is 28.8 Å². The number of thiophene rings is 1. The molecular formula is C20H22N2O2S2. The molecule has 26 heavy (non-hydrogen) atoms. The molecule has 0 saturated carbocycles. The zero-order valence-electron chi connectivity index (χ0n) is 15.0. The van der Waals surface area contributed by atoms with Gasteiger partial charge in [0.05, 0.1) is 29.3 Å². The van der Waals surface area contributed by atoms with Crippen molar-refractivity contribution in [2.75, 3.05) is 18.1 Å². The lowest BCUT2D eigenvalue weighted by Gasteiger charge is -2.22. The summed E-state index contributed by atoms with van der Waals surface area (Å²) in [4.78, 5) is 20.8. The van der Waals surface area contributed by atoms with Crippen LogP contribution >= 0.6 is 22.7 Å². The number of carbonyl (C=O) groups excluding carboxylic acids is 1. The number of carbonyl (C=O) groups is 1. The number of hydrogen-bond donors (Lipinski definition) is 0. The van der Waals surface area contributed by atoms with Crippen molar-refractivity contribution in [1.82, 2.24) is 4.98 Å². The summed E-state index contributed by atoms with van der Waals surface area (Å²) >= 11 is 3.23. The summed E-state index contributed by atoms with van der Waals surface area (Å²) < 4.78 is 6.95. The molecule has 0 aliphatic carbocycles. The lowest BCUT2D eigenvalue weighted by Crippen LogP contribution is -2.38. The summed E-state index contributed by atoms with van der Waals surface area (Å²) in [5.41, 5.74) is 3.39. The third kappa shape index (κ3) is 3.68. The Hall–Kier alpha value is -1.76. The van der Waals surface area contributed by atoms with Crippen molar-refractivity contribution in [3.05, 3.63) is 45.6 Å². The molecule has 1 aromatic carbocycles. The molecular weight excluding hydrogens is 364 g/mol. The van der Waals surface area contributed by atoms with Gasteiger partial charge in [0.15, 0.2) is 5.13 Å². The molecule has 0 radical (unpaired) electrons. The third-order valence-corrected chi connectivity index (χ3v) is 6.76. The molecule has 1 amide bonds. The molecule has 4 rings (SSSR count). The fraction of sp³-hybridized carbons (Fsp3) is 0.400. The van der Waals surface area contributed by atoms with E-state index < -0.39 is 0 Å². The van der Waals surface area contributed by atoms with E-state index in [1.54, 1.807) is 22.7 Å². The van der Waals surface area contributed by atoms with E-state index in [9.17, 15) is 4.79 Å². The fourth-order valence-corrected chi connectivity index (χ4v) is 5.15. The Morgan fingerprint density at radius 1 is 1.38 bits per heavy atom. The lowest BCUT2D eigenvalue weighted by atomic mass is 10.1. The Morgan fingerprint density at radius 3 is 3.00 bits per heavy atom. The molecule has 3 aromatic rings. The molecule has 3 heterocycles. The van der Waals surface area contributed by atoms with Gasteiger partial charge in [0.25, 0.3) is 0 Å². The van der Waals surface area contributed by atoms with E-state index in [-0.39, 0.29) is 12.0 Å². The highest BCUT2D eigenvalue weighted by Crippen LogP contribution is 2.33. The summed E-state index contributed by atoms with van der Waals surface area (Å²) in [6.07, 6.45) is 2.59. The molecule has 1 aliphatic heterocycles. The van der Waals surface area contributed by atoms with Crippen LogP contribution in [-0.4, -0.2) is 30.1 Å². The number of benzene rings is 1. The van der Waals surface area contributed by atoms with Crippen LogP contribution in [0.15, 0.2) is 29.6 Å². The molecule has 1 aliphatic rings. The largest absolute Gasteiger partial charge is 0.376 e. The van der Waals surface area contributed by atoms with Gasteiger partial charge in [0, 0.05) is 11.5 Å². The first kappa shape index (κ1) is 17.6. The van der Waals surface area contributed by atoms with Crippen LogP contribution in [0.5, 0.6) is 0 Å². The van der Waals surface area contributed by atoms with E-state index in [4.69, 9.17) is 9.72 Å². The van der Waals surface area contributed by atoms with Gasteiger partial charge in [0.2, 0.25) is 5.91 Å². The monoisotopic (exact) mass is 386 g/mol. The van der Waals surface area contributed by atoms with Crippen molar-refractivity contribution in [2.45, 2.75) is 39.2 Å². The molecule has 4 nitrogen and oxygen atoms in total. The first-order valence-electron chi connectivity index (χ1n) is 8.92. The summed E-state index contributed by atoms with van der Waals surface area (Å²) in [6.45, 7) is 5.56. The second-order valence-electron chi connectivity index (χ2n) is 6.82. The van der Waals surface area contributed by atoms with E-state index in [1.165, 1.54) is 11.1 Å². The Balaban J connectivity index is 1.67. The predicted molar refractivity (Wildman–Crippen MR) is 108 cm³/mol. The summed E-state index contributed by atoms with van der Waals surface area (Å²) in [5, 5.41) is 2.79. The van der Waals surface area contributed by atoms with Crippen LogP contribution in [-0.2, 0) is 16.0 Å². The number of ether oxygens (including phenoxy) is 1. The van der Waals surface area contributed by atoms with E-state index in [0.29, 0.717) is 13.0 Å². The number of amides is 1. The number of thiazole rings is 1. The van der Waals surface area contributed by atoms with Crippen molar-refractivity contribution < 1.29 is 9.53 Å². The minimum Gasteiger partial charge on any atom is -0.376 e. The van der Waals surface area contributed by atoms with Crippen molar-refractivity contribution in [1.29, 1.82) is 0 Å². The summed E-state index contributed by atoms with van der Waals surface area (Å²) in [5.74, 6) is 0.0939. The van der Waals surface area contributed by atoms with Crippen molar-refractivity contribution in [3.8, 4) is 0 Å². The molecule has 6 heteroatoms. The zero-order valence-corrected chi connectivity index (χ0v) is 16.7. The van der Waals surface area contributed by atoms with E-state index in [1.807, 2.05) is 22.4 Å². The van der Waals surface area contributed by atoms with Gasteiger partial charge >= 0.3 is 0 Å². The average Bonchev–Trinajstić information content (AvgIpc) is 3.33. The molecule has 2 aromatic heterocycles. The lowest BCUT2D eigenvalue weighted by molar-refractivity contribution is -0.118. The highest BCUT2D eigenvalue weighted by Gasteiger charge is 2.26. The maximum atomic E-state index is 13.1. The van der Waals surface area contributed by atoms with Crippen LogP contribution < -0.4 is 4.90 Å². The van der Waals surface area contributed by atoms with Gasteiger partial charge < -0.3 is 4.74 Å². The molecule has 0 N–H and O–H groups in total. The smallest absolute Gasteiger partial charge is 0.234 e. The highest BCUT2D eigenvalue weighted by atomic mass is 32.1. The molecule has 1 unspecified atom stereocenters. The van der Waals surface area contributed by atoms with Gasteiger partial charge in [-0.15, -0.1) is 11.3 Å². The number of aryl methyl sites for hydroxylation is 2. The van der Waals surface area contributed by atoms with Crippen LogP contribution in [0.4, 0.5) is 5.13 Å². The average molecular weight is 387 g/mol. The molecule has 0 bridgehead atoms. The minimum atomic E-state index is 0.0939. The topological polar surface area (TPSA) is 42.4 Å². The van der Waals surface area contributed by atoms with Crippen molar-refractivity contribution >= 4 is 43.9 Å². The van der Waals surface area contributed by atoms with E-state index in [0.717, 1.165) is 39.7 Å². The summed E-state index contributed by atoms with van der Waals surface area (Å²) in [6, 6.07) is 8.26. The van der Waals surface area contributed by atoms with Gasteiger partial charge in [-0.25, -0.2) is 4.98 Å². The molecule has 1 saturated heterocycles. The Labute approximate surface area is 161 Å². The Bertz CT molecular complexity index is 911. The van der Waals surface area contributed by atoms with Gasteiger partial charge in [-0.3, -0.25) is 9.69 Å². The summed E-state index contributed by atoms with van der Waals surface area (Å²) in [7, 11) is 0. The van der Waals surface area contributed by atoms with E-state index >= 15 is 0 Å². The van der Waals surface area contributed by atoms with Crippen LogP contribution in [0.25, 0.3) is 10.2 Å². The normalized spacial score (nSPS) is 17.1. The number of rotatable bonds is 5. The first-order chi connectivity index (χ1) is 12.6. The number of anilines is 1. The third-order valence-electron chi connectivity index (χ3n) is 4.66. The van der Waals surface area contributed by atoms with Gasteiger partial charge in [0.1, 0.15) is 0 Å². The Kier molecular flexibility index (Phi) is 5.07. The van der Waals surface area contributed by atoms with Gasteiger partial charge in [-0.05, 0) is 55.3 Å². The molecule has 1 atom stereocenters. The van der Waals surface area contributed by atoms with Gasteiger partial charge in [-0.1, -0.05) is 23.5 Å². The van der Waals surface area contributed by atoms with Crippen molar-refractivity contribution in [2.24, 2.45) is 0 Å². The molecule has 136 valence electrons. The predicted octanol–water partition coefficient (Wildman–Crippen LogP) is 4.73. The van der Waals surface area contributed by atoms with Crippen molar-refractivity contribution in [3.63, 3.8) is 0 Å².